The summed E-state index contributed by atoms with van der Waals surface area (Å²) in [6.45, 7) is 10.3. The maximum atomic E-state index is 6.14. The molecule has 0 aliphatic carbocycles. The van der Waals surface area contributed by atoms with Gasteiger partial charge in [0.05, 0.1) is 18.0 Å². The Balaban J connectivity index is 1.96. The number of fused-ring (bicyclic) bond motifs is 3. The van der Waals surface area contributed by atoms with Gasteiger partial charge in [-0.2, -0.15) is 0 Å². The zero-order valence-corrected chi connectivity index (χ0v) is 19.1. The van der Waals surface area contributed by atoms with E-state index < -0.39 is 0 Å². The first-order valence-corrected chi connectivity index (χ1v) is 12.4. The number of ether oxygens (including phenoxy) is 3. The number of thiophene rings is 1. The molecule has 2 aromatic heterocycles. The lowest BCUT2D eigenvalue weighted by Gasteiger charge is -2.33. The molecule has 0 saturated heterocycles. The molecule has 1 aliphatic heterocycles. The van der Waals surface area contributed by atoms with Crippen LogP contribution >= 0.6 is 34.9 Å². The number of aromatic nitrogens is 2. The van der Waals surface area contributed by atoms with Gasteiger partial charge in [0.15, 0.2) is 11.4 Å². The molecule has 0 amide bonds. The molecule has 0 N–H and O–H groups in total. The van der Waals surface area contributed by atoms with Crippen LogP contribution in [-0.2, 0) is 27.2 Å². The largest absolute Gasteiger partial charge is 0.369 e. The van der Waals surface area contributed by atoms with E-state index in [1.807, 2.05) is 20.1 Å². The molecular formula is C19H28N2O3S3. The maximum absolute atomic E-state index is 6.14. The highest BCUT2D eigenvalue weighted by atomic mass is 32.2. The van der Waals surface area contributed by atoms with Gasteiger partial charge >= 0.3 is 0 Å². The molecular weight excluding hydrogens is 400 g/mol. The first-order chi connectivity index (χ1) is 13.0. The average Bonchev–Trinajstić information content (AvgIpc) is 3.03. The lowest BCUT2D eigenvalue weighted by Crippen LogP contribution is -2.33. The molecule has 0 aromatic carbocycles. The topological polar surface area (TPSA) is 53.5 Å². The van der Waals surface area contributed by atoms with E-state index in [4.69, 9.17) is 24.2 Å². The third-order valence-corrected chi connectivity index (χ3v) is 7.43. The summed E-state index contributed by atoms with van der Waals surface area (Å²) in [5.74, 6) is 0.716. The van der Waals surface area contributed by atoms with Gasteiger partial charge in [0.1, 0.15) is 9.86 Å². The first-order valence-electron chi connectivity index (χ1n) is 9.39. The predicted octanol–water partition coefficient (Wildman–Crippen LogP) is 5.15. The smallest absolute Gasteiger partial charge is 0.189 e. The zero-order valence-electron chi connectivity index (χ0n) is 16.7. The van der Waals surface area contributed by atoms with Crippen molar-refractivity contribution in [2.24, 2.45) is 0 Å². The van der Waals surface area contributed by atoms with Crippen molar-refractivity contribution < 1.29 is 14.2 Å². The van der Waals surface area contributed by atoms with Crippen LogP contribution in [0.2, 0.25) is 0 Å². The molecule has 8 heteroatoms. The van der Waals surface area contributed by atoms with E-state index in [9.17, 15) is 0 Å². The Kier molecular flexibility index (Phi) is 7.44. The van der Waals surface area contributed by atoms with E-state index in [1.54, 1.807) is 34.9 Å². The van der Waals surface area contributed by atoms with Crippen molar-refractivity contribution in [1.82, 2.24) is 9.97 Å². The standard InChI is InChI=1S/C19H28N2O3S3/c1-6-19(4)9-12-13(10-24-19)27-17-15(12)16(20-18(21-17)25-5)26-11-14(22-7-2)23-8-3/h14H,6-11H2,1-5H3/t19-/m1/s1. The van der Waals surface area contributed by atoms with Crippen LogP contribution in [0.5, 0.6) is 0 Å². The van der Waals surface area contributed by atoms with Crippen LogP contribution in [-0.4, -0.2) is 47.1 Å². The van der Waals surface area contributed by atoms with Crippen molar-refractivity contribution in [3.63, 3.8) is 0 Å². The molecule has 0 fully saturated rings. The molecule has 3 heterocycles. The summed E-state index contributed by atoms with van der Waals surface area (Å²) in [7, 11) is 0. The summed E-state index contributed by atoms with van der Waals surface area (Å²) in [5.41, 5.74) is 1.26. The lowest BCUT2D eigenvalue weighted by atomic mass is 9.90. The maximum Gasteiger partial charge on any atom is 0.189 e. The highest BCUT2D eigenvalue weighted by Gasteiger charge is 2.33. The Hall–Kier alpha value is -0.380. The second-order valence-corrected chi connectivity index (χ2v) is 9.49. The van der Waals surface area contributed by atoms with E-state index in [-0.39, 0.29) is 11.9 Å². The molecule has 2 aromatic rings. The van der Waals surface area contributed by atoms with Crippen LogP contribution in [0, 0.1) is 0 Å². The van der Waals surface area contributed by atoms with Gasteiger partial charge in [-0.25, -0.2) is 9.97 Å². The van der Waals surface area contributed by atoms with Crippen LogP contribution in [0.1, 0.15) is 44.6 Å². The predicted molar refractivity (Wildman–Crippen MR) is 114 cm³/mol. The van der Waals surface area contributed by atoms with Crippen molar-refractivity contribution in [2.75, 3.05) is 25.2 Å². The molecule has 27 heavy (non-hydrogen) atoms. The van der Waals surface area contributed by atoms with Gasteiger partial charge in [-0.05, 0) is 39.0 Å². The molecule has 0 bridgehead atoms. The minimum atomic E-state index is -0.216. The number of hydrogen-bond donors (Lipinski definition) is 0. The van der Waals surface area contributed by atoms with Crippen LogP contribution < -0.4 is 0 Å². The Morgan fingerprint density at radius 3 is 2.59 bits per heavy atom. The minimum absolute atomic E-state index is 0.111. The SMILES string of the molecule is CCOC(CSc1nc(SC)nc2sc3c(c12)C[C@@](C)(CC)OC3)OCC. The summed E-state index contributed by atoms with van der Waals surface area (Å²) in [6, 6.07) is 0. The Morgan fingerprint density at radius 2 is 1.96 bits per heavy atom. The Bertz CT molecular complexity index is 777. The van der Waals surface area contributed by atoms with Crippen LogP contribution in [0.4, 0.5) is 0 Å². The van der Waals surface area contributed by atoms with Crippen molar-refractivity contribution in [3.8, 4) is 0 Å². The second kappa shape index (κ2) is 9.41. The molecule has 0 saturated carbocycles. The molecule has 1 atom stereocenters. The fourth-order valence-electron chi connectivity index (χ4n) is 3.11. The van der Waals surface area contributed by atoms with Gasteiger partial charge < -0.3 is 14.2 Å². The monoisotopic (exact) mass is 428 g/mol. The van der Waals surface area contributed by atoms with E-state index in [1.165, 1.54) is 15.8 Å². The molecule has 150 valence electrons. The Labute approximate surface area is 174 Å². The number of thioether (sulfide) groups is 2. The van der Waals surface area contributed by atoms with Crippen molar-refractivity contribution in [1.29, 1.82) is 0 Å². The highest BCUT2D eigenvalue weighted by Crippen LogP contribution is 2.43. The van der Waals surface area contributed by atoms with Crippen LogP contribution in [0.3, 0.4) is 0 Å². The van der Waals surface area contributed by atoms with Gasteiger partial charge in [0.25, 0.3) is 0 Å². The van der Waals surface area contributed by atoms with Crippen molar-refractivity contribution >= 4 is 45.1 Å². The Morgan fingerprint density at radius 1 is 1.22 bits per heavy atom. The van der Waals surface area contributed by atoms with Gasteiger partial charge in [-0.1, -0.05) is 18.7 Å². The molecule has 1 aliphatic rings. The quantitative estimate of drug-likeness (QED) is 0.237. The van der Waals surface area contributed by atoms with Gasteiger partial charge in [0, 0.05) is 29.9 Å². The fraction of sp³-hybridized carbons (Fsp3) is 0.684. The van der Waals surface area contributed by atoms with Gasteiger partial charge in [-0.3, -0.25) is 0 Å². The van der Waals surface area contributed by atoms with E-state index in [0.717, 1.165) is 27.9 Å². The van der Waals surface area contributed by atoms with E-state index in [2.05, 4.69) is 13.8 Å². The number of hydrogen-bond acceptors (Lipinski definition) is 8. The van der Waals surface area contributed by atoms with Gasteiger partial charge in [0.2, 0.25) is 0 Å². The fourth-order valence-corrected chi connectivity index (χ4v) is 5.76. The van der Waals surface area contributed by atoms with Crippen LogP contribution in [0.25, 0.3) is 10.2 Å². The average molecular weight is 429 g/mol. The summed E-state index contributed by atoms with van der Waals surface area (Å²) < 4.78 is 17.6. The molecule has 0 unspecified atom stereocenters. The molecule has 0 spiro atoms. The molecule has 3 rings (SSSR count). The molecule has 5 nitrogen and oxygen atoms in total. The zero-order chi connectivity index (χ0) is 19.4. The third-order valence-electron chi connectivity index (χ3n) is 4.77. The summed E-state index contributed by atoms with van der Waals surface area (Å²) in [5, 5.41) is 3.05. The van der Waals surface area contributed by atoms with Crippen molar-refractivity contribution in [2.45, 2.75) is 69.2 Å². The number of rotatable bonds is 9. The van der Waals surface area contributed by atoms with Crippen LogP contribution in [0.15, 0.2) is 10.2 Å². The summed E-state index contributed by atoms with van der Waals surface area (Å²) >= 11 is 5.03. The lowest BCUT2D eigenvalue weighted by molar-refractivity contribution is -0.120. The third kappa shape index (κ3) is 4.79. The highest BCUT2D eigenvalue weighted by molar-refractivity contribution is 7.99. The second-order valence-electron chi connectivity index (χ2n) is 6.62. The summed E-state index contributed by atoms with van der Waals surface area (Å²) in [4.78, 5) is 12.0. The summed E-state index contributed by atoms with van der Waals surface area (Å²) in [6.07, 6.45) is 3.71. The van der Waals surface area contributed by atoms with E-state index >= 15 is 0 Å². The van der Waals surface area contributed by atoms with Gasteiger partial charge in [-0.15, -0.1) is 23.1 Å². The van der Waals surface area contributed by atoms with E-state index in [0.29, 0.717) is 25.6 Å². The first kappa shape index (κ1) is 21.3. The minimum Gasteiger partial charge on any atom is -0.369 e. The van der Waals surface area contributed by atoms with Crippen molar-refractivity contribution in [3.05, 3.63) is 10.4 Å². The normalized spacial score (nSPS) is 19.8. The number of nitrogens with zero attached hydrogens (tertiary/aromatic N) is 2. The molecule has 0 radical (unpaired) electrons.